The standard InChI is InChI=1S/C15H21N3O2/c1-10-5-3-8-13(10)15(19)18(2)12-7-4-6-11(9-12)14(16)17-20/h4,6-7,9-10,13,20H,3,5,8H2,1-2H3,(H2,16,17). The van der Waals surface area contributed by atoms with E-state index in [-0.39, 0.29) is 17.7 Å². The van der Waals surface area contributed by atoms with Gasteiger partial charge in [0, 0.05) is 24.2 Å². The predicted octanol–water partition coefficient (Wildman–Crippen LogP) is 2.18. The zero-order chi connectivity index (χ0) is 14.7. The van der Waals surface area contributed by atoms with Gasteiger partial charge >= 0.3 is 0 Å². The summed E-state index contributed by atoms with van der Waals surface area (Å²) >= 11 is 0. The molecule has 0 radical (unpaired) electrons. The third kappa shape index (κ3) is 2.76. The number of amidine groups is 1. The molecule has 0 heterocycles. The minimum absolute atomic E-state index is 0.0435. The molecule has 0 aromatic heterocycles. The number of nitrogens with zero attached hydrogens (tertiary/aromatic N) is 2. The van der Waals surface area contributed by atoms with Crippen molar-refractivity contribution in [2.45, 2.75) is 26.2 Å². The van der Waals surface area contributed by atoms with E-state index in [1.54, 1.807) is 30.1 Å². The summed E-state index contributed by atoms with van der Waals surface area (Å²) in [6, 6.07) is 7.15. The quantitative estimate of drug-likeness (QED) is 0.384. The number of carbonyl (C=O) groups excluding carboxylic acids is 1. The molecule has 1 aromatic rings. The molecule has 1 fully saturated rings. The highest BCUT2D eigenvalue weighted by Crippen LogP contribution is 2.33. The molecule has 0 spiro atoms. The molecule has 1 saturated carbocycles. The van der Waals surface area contributed by atoms with E-state index in [0.29, 0.717) is 11.5 Å². The first-order valence-corrected chi connectivity index (χ1v) is 6.90. The zero-order valence-electron chi connectivity index (χ0n) is 11.9. The van der Waals surface area contributed by atoms with E-state index in [0.717, 1.165) is 24.9 Å². The van der Waals surface area contributed by atoms with Crippen LogP contribution in [0.1, 0.15) is 31.7 Å². The molecule has 3 N–H and O–H groups in total. The number of nitrogens with two attached hydrogens (primary N) is 1. The fourth-order valence-electron chi connectivity index (χ4n) is 2.82. The van der Waals surface area contributed by atoms with Gasteiger partial charge in [0.15, 0.2) is 5.84 Å². The Kier molecular flexibility index (Phi) is 4.27. The van der Waals surface area contributed by atoms with E-state index >= 15 is 0 Å². The van der Waals surface area contributed by atoms with Gasteiger partial charge in [0.05, 0.1) is 0 Å². The van der Waals surface area contributed by atoms with Crippen molar-refractivity contribution in [1.82, 2.24) is 0 Å². The Hall–Kier alpha value is -2.04. The summed E-state index contributed by atoms with van der Waals surface area (Å²) in [5, 5.41) is 11.7. The van der Waals surface area contributed by atoms with E-state index in [9.17, 15) is 4.79 Å². The van der Waals surface area contributed by atoms with Gasteiger partial charge in [-0.25, -0.2) is 0 Å². The van der Waals surface area contributed by atoms with Crippen LogP contribution in [-0.4, -0.2) is 24.0 Å². The number of rotatable bonds is 3. The molecule has 1 aliphatic rings. The fraction of sp³-hybridized carbons (Fsp3) is 0.467. The van der Waals surface area contributed by atoms with Crippen molar-refractivity contribution >= 4 is 17.4 Å². The zero-order valence-corrected chi connectivity index (χ0v) is 11.9. The highest BCUT2D eigenvalue weighted by atomic mass is 16.4. The number of amides is 1. The molecule has 2 atom stereocenters. The van der Waals surface area contributed by atoms with Crippen molar-refractivity contribution < 1.29 is 10.0 Å². The normalized spacial score (nSPS) is 22.8. The van der Waals surface area contributed by atoms with Crippen LogP contribution in [0.2, 0.25) is 0 Å². The second kappa shape index (κ2) is 5.94. The van der Waals surface area contributed by atoms with Crippen LogP contribution in [0.4, 0.5) is 5.69 Å². The summed E-state index contributed by atoms with van der Waals surface area (Å²) in [6.07, 6.45) is 3.20. The number of carbonyl (C=O) groups is 1. The molecule has 5 heteroatoms. The lowest BCUT2D eigenvalue weighted by atomic mass is 9.96. The van der Waals surface area contributed by atoms with Crippen LogP contribution in [0.5, 0.6) is 0 Å². The highest BCUT2D eigenvalue weighted by molar-refractivity contribution is 6.00. The van der Waals surface area contributed by atoms with Crippen LogP contribution in [0, 0.1) is 11.8 Å². The van der Waals surface area contributed by atoms with Gasteiger partial charge in [-0.1, -0.05) is 30.6 Å². The van der Waals surface area contributed by atoms with Gasteiger partial charge in [-0.05, 0) is 30.9 Å². The molecule has 108 valence electrons. The summed E-state index contributed by atoms with van der Waals surface area (Å²) < 4.78 is 0. The first-order valence-electron chi connectivity index (χ1n) is 6.90. The van der Waals surface area contributed by atoms with Crippen LogP contribution in [0.15, 0.2) is 29.4 Å². The first-order chi connectivity index (χ1) is 9.54. The van der Waals surface area contributed by atoms with Gasteiger partial charge in [0.1, 0.15) is 0 Å². The van der Waals surface area contributed by atoms with Crippen molar-refractivity contribution in [3.8, 4) is 0 Å². The molecule has 1 aromatic carbocycles. The molecular formula is C15H21N3O2. The first kappa shape index (κ1) is 14.4. The second-order valence-corrected chi connectivity index (χ2v) is 5.45. The van der Waals surface area contributed by atoms with Crippen molar-refractivity contribution in [3.63, 3.8) is 0 Å². The molecule has 1 aliphatic carbocycles. The molecular weight excluding hydrogens is 254 g/mol. The lowest BCUT2D eigenvalue weighted by molar-refractivity contribution is -0.122. The third-order valence-corrected chi connectivity index (χ3v) is 4.15. The smallest absolute Gasteiger partial charge is 0.230 e. The molecule has 1 amide bonds. The third-order valence-electron chi connectivity index (χ3n) is 4.15. The SMILES string of the molecule is CC1CCCC1C(=O)N(C)c1cccc(/C(N)=N/O)c1. The fourth-order valence-corrected chi connectivity index (χ4v) is 2.82. The van der Waals surface area contributed by atoms with Crippen molar-refractivity contribution in [3.05, 3.63) is 29.8 Å². The average molecular weight is 275 g/mol. The van der Waals surface area contributed by atoms with Crippen LogP contribution in [-0.2, 0) is 4.79 Å². The van der Waals surface area contributed by atoms with Crippen LogP contribution in [0.3, 0.4) is 0 Å². The monoisotopic (exact) mass is 275 g/mol. The maximum atomic E-state index is 12.5. The van der Waals surface area contributed by atoms with Crippen LogP contribution in [0.25, 0.3) is 0 Å². The van der Waals surface area contributed by atoms with Crippen molar-refractivity contribution in [2.75, 3.05) is 11.9 Å². The molecule has 20 heavy (non-hydrogen) atoms. The minimum Gasteiger partial charge on any atom is -0.409 e. The molecule has 5 nitrogen and oxygen atoms in total. The Balaban J connectivity index is 2.20. The van der Waals surface area contributed by atoms with E-state index in [1.807, 2.05) is 6.07 Å². The summed E-state index contributed by atoms with van der Waals surface area (Å²) in [5.41, 5.74) is 6.94. The summed E-state index contributed by atoms with van der Waals surface area (Å²) in [5.74, 6) is 0.735. The second-order valence-electron chi connectivity index (χ2n) is 5.45. The lowest BCUT2D eigenvalue weighted by Crippen LogP contribution is -2.34. The minimum atomic E-state index is 0.0435. The lowest BCUT2D eigenvalue weighted by Gasteiger charge is -2.24. The van der Waals surface area contributed by atoms with Gasteiger partial charge in [0.2, 0.25) is 5.91 Å². The number of oxime groups is 1. The Morgan fingerprint density at radius 3 is 2.80 bits per heavy atom. The number of hydrogen-bond acceptors (Lipinski definition) is 3. The molecule has 0 aliphatic heterocycles. The Labute approximate surface area is 119 Å². The van der Waals surface area contributed by atoms with E-state index in [1.165, 1.54) is 0 Å². The van der Waals surface area contributed by atoms with E-state index in [4.69, 9.17) is 10.9 Å². The van der Waals surface area contributed by atoms with Gasteiger partial charge in [0.25, 0.3) is 0 Å². The predicted molar refractivity (Wildman–Crippen MR) is 78.9 cm³/mol. The highest BCUT2D eigenvalue weighted by Gasteiger charge is 2.32. The van der Waals surface area contributed by atoms with Gasteiger partial charge < -0.3 is 15.8 Å². The Morgan fingerprint density at radius 1 is 1.45 bits per heavy atom. The number of anilines is 1. The Bertz CT molecular complexity index is 528. The number of hydrogen-bond donors (Lipinski definition) is 2. The largest absolute Gasteiger partial charge is 0.409 e. The van der Waals surface area contributed by atoms with E-state index in [2.05, 4.69) is 12.1 Å². The summed E-state index contributed by atoms with van der Waals surface area (Å²) in [7, 11) is 1.78. The Morgan fingerprint density at radius 2 is 2.20 bits per heavy atom. The van der Waals surface area contributed by atoms with Gasteiger partial charge in [-0.3, -0.25) is 4.79 Å². The van der Waals surface area contributed by atoms with Gasteiger partial charge in [-0.2, -0.15) is 0 Å². The van der Waals surface area contributed by atoms with Crippen LogP contribution < -0.4 is 10.6 Å². The van der Waals surface area contributed by atoms with Crippen LogP contribution >= 0.6 is 0 Å². The molecule has 2 rings (SSSR count). The average Bonchev–Trinajstić information content (AvgIpc) is 2.91. The summed E-state index contributed by atoms with van der Waals surface area (Å²) in [6.45, 7) is 2.14. The van der Waals surface area contributed by atoms with E-state index < -0.39 is 0 Å². The maximum Gasteiger partial charge on any atom is 0.230 e. The van der Waals surface area contributed by atoms with Crippen molar-refractivity contribution in [2.24, 2.45) is 22.7 Å². The topological polar surface area (TPSA) is 78.9 Å². The number of benzene rings is 1. The summed E-state index contributed by atoms with van der Waals surface area (Å²) in [4.78, 5) is 14.2. The van der Waals surface area contributed by atoms with Gasteiger partial charge in [-0.15, -0.1) is 0 Å². The van der Waals surface area contributed by atoms with Crippen molar-refractivity contribution in [1.29, 1.82) is 0 Å². The molecule has 2 unspecified atom stereocenters. The molecule has 0 bridgehead atoms. The molecule has 0 saturated heterocycles. The maximum absolute atomic E-state index is 12.5.